The molecule has 22 heavy (non-hydrogen) atoms. The van der Waals surface area contributed by atoms with Crippen LogP contribution in [0.3, 0.4) is 0 Å². The Morgan fingerprint density at radius 2 is 2.32 bits per heavy atom. The molecule has 6 nitrogen and oxygen atoms in total. The zero-order chi connectivity index (χ0) is 15.7. The number of aryl methyl sites for hydroxylation is 1. The van der Waals surface area contributed by atoms with Crippen LogP contribution >= 0.6 is 0 Å². The molecule has 0 radical (unpaired) electrons. The number of phenols is 1. The number of hydrogen-bond acceptors (Lipinski definition) is 5. The van der Waals surface area contributed by atoms with Crippen LogP contribution in [0.5, 0.6) is 11.6 Å². The number of nitrogens with zero attached hydrogens (tertiary/aromatic N) is 2. The fourth-order valence-electron chi connectivity index (χ4n) is 2.79. The van der Waals surface area contributed by atoms with E-state index in [1.54, 1.807) is 18.2 Å². The summed E-state index contributed by atoms with van der Waals surface area (Å²) in [5, 5.41) is 26.4. The summed E-state index contributed by atoms with van der Waals surface area (Å²) in [4.78, 5) is 0. The van der Waals surface area contributed by atoms with E-state index in [2.05, 4.69) is 23.2 Å². The number of aromatic amines is 1. The van der Waals surface area contributed by atoms with Crippen LogP contribution in [0.4, 0.5) is 0 Å². The minimum atomic E-state index is -0.388. The van der Waals surface area contributed by atoms with Crippen LogP contribution in [0.1, 0.15) is 36.1 Å². The smallest absolute Gasteiger partial charge is 0.244 e. The molecular formula is C16H16N4O2. The van der Waals surface area contributed by atoms with Crippen molar-refractivity contribution in [2.24, 2.45) is 5.73 Å². The van der Waals surface area contributed by atoms with Gasteiger partial charge in [0.25, 0.3) is 0 Å². The van der Waals surface area contributed by atoms with Gasteiger partial charge >= 0.3 is 0 Å². The number of allylic oxidation sites excluding steroid dienone is 1. The maximum atomic E-state index is 9.75. The lowest BCUT2D eigenvalue weighted by Gasteiger charge is -2.24. The Labute approximate surface area is 127 Å². The van der Waals surface area contributed by atoms with E-state index in [0.29, 0.717) is 11.5 Å². The summed E-state index contributed by atoms with van der Waals surface area (Å²) in [5.74, 6) is 0.203. The Morgan fingerprint density at radius 3 is 3.00 bits per heavy atom. The first-order valence-electron chi connectivity index (χ1n) is 7.09. The van der Waals surface area contributed by atoms with Crippen LogP contribution in [0.15, 0.2) is 35.7 Å². The van der Waals surface area contributed by atoms with E-state index < -0.39 is 0 Å². The van der Waals surface area contributed by atoms with Crippen LogP contribution < -0.4 is 10.5 Å². The lowest BCUT2D eigenvalue weighted by atomic mass is 9.83. The molecular weight excluding hydrogens is 280 g/mol. The highest BCUT2D eigenvalue weighted by molar-refractivity contribution is 5.55. The largest absolute Gasteiger partial charge is 0.508 e. The fourth-order valence-corrected chi connectivity index (χ4v) is 2.79. The normalized spacial score (nSPS) is 16.8. The van der Waals surface area contributed by atoms with E-state index in [-0.39, 0.29) is 17.6 Å². The maximum Gasteiger partial charge on any atom is 0.244 e. The van der Waals surface area contributed by atoms with Gasteiger partial charge in [0.15, 0.2) is 0 Å². The molecule has 0 saturated heterocycles. The second kappa shape index (κ2) is 5.45. The first-order valence-corrected chi connectivity index (χ1v) is 7.09. The van der Waals surface area contributed by atoms with Crippen molar-refractivity contribution < 1.29 is 9.84 Å². The third kappa shape index (κ3) is 2.17. The summed E-state index contributed by atoms with van der Waals surface area (Å²) < 4.78 is 5.47. The molecule has 1 unspecified atom stereocenters. The van der Waals surface area contributed by atoms with Crippen molar-refractivity contribution in [3.8, 4) is 17.7 Å². The molecule has 6 heteroatoms. The number of phenolic OH excluding ortho intramolecular Hbond substituents is 1. The number of nitrogens with one attached hydrogen (secondary N) is 1. The lowest BCUT2D eigenvalue weighted by Crippen LogP contribution is -2.21. The molecule has 1 aliphatic rings. The molecule has 4 N–H and O–H groups in total. The van der Waals surface area contributed by atoms with Crippen molar-refractivity contribution in [1.82, 2.24) is 10.2 Å². The van der Waals surface area contributed by atoms with Crippen molar-refractivity contribution in [2.75, 3.05) is 0 Å². The topological polar surface area (TPSA) is 108 Å². The first kappa shape index (κ1) is 14.0. The third-order valence-electron chi connectivity index (χ3n) is 3.72. The van der Waals surface area contributed by atoms with Crippen LogP contribution in [0, 0.1) is 11.3 Å². The molecule has 112 valence electrons. The highest BCUT2D eigenvalue weighted by atomic mass is 16.5. The number of H-pyrrole nitrogens is 1. The monoisotopic (exact) mass is 296 g/mol. The molecule has 0 fully saturated rings. The van der Waals surface area contributed by atoms with Crippen LogP contribution in [-0.2, 0) is 6.42 Å². The van der Waals surface area contributed by atoms with Gasteiger partial charge in [-0.1, -0.05) is 25.5 Å². The highest BCUT2D eigenvalue weighted by Gasteiger charge is 2.34. The molecule has 2 heterocycles. The van der Waals surface area contributed by atoms with Crippen LogP contribution in [0.25, 0.3) is 0 Å². The van der Waals surface area contributed by atoms with Crippen molar-refractivity contribution in [1.29, 1.82) is 5.26 Å². The third-order valence-corrected chi connectivity index (χ3v) is 3.72. The van der Waals surface area contributed by atoms with E-state index in [9.17, 15) is 10.4 Å². The van der Waals surface area contributed by atoms with Gasteiger partial charge in [-0.2, -0.15) is 5.26 Å². The van der Waals surface area contributed by atoms with E-state index in [1.807, 2.05) is 6.07 Å². The van der Waals surface area contributed by atoms with Gasteiger partial charge in [0.2, 0.25) is 11.8 Å². The molecule has 0 aliphatic carbocycles. The summed E-state index contributed by atoms with van der Waals surface area (Å²) in [7, 11) is 0. The maximum absolute atomic E-state index is 9.75. The van der Waals surface area contributed by atoms with Gasteiger partial charge in [-0.05, 0) is 24.1 Å². The molecule has 2 aromatic rings. The SMILES string of the molecule is CCCc1[nH]nc2c1C(c1cccc(O)c1)C(C#N)=C(N)O2. The summed E-state index contributed by atoms with van der Waals surface area (Å²) in [6, 6.07) is 8.94. The van der Waals surface area contributed by atoms with E-state index in [4.69, 9.17) is 10.5 Å². The van der Waals surface area contributed by atoms with E-state index >= 15 is 0 Å². The minimum absolute atomic E-state index is 0.0536. The Morgan fingerprint density at radius 1 is 1.50 bits per heavy atom. The number of nitrogens with two attached hydrogens (primary N) is 1. The van der Waals surface area contributed by atoms with Crippen LogP contribution in [-0.4, -0.2) is 15.3 Å². The molecule has 0 spiro atoms. The molecule has 0 bridgehead atoms. The standard InChI is InChI=1S/C16H16N4O2/c1-2-4-12-14-13(9-5-3-6-10(21)7-9)11(8-17)15(18)22-16(14)20-19-12/h3,5-7,13,21H,2,4,18H2,1H3,(H,19,20). The Bertz CT molecular complexity index is 786. The lowest BCUT2D eigenvalue weighted by molar-refractivity contribution is 0.378. The molecule has 0 saturated carbocycles. The van der Waals surface area contributed by atoms with Gasteiger partial charge in [0, 0.05) is 11.3 Å². The summed E-state index contributed by atoms with van der Waals surface area (Å²) in [6.45, 7) is 2.07. The number of aromatic hydroxyl groups is 1. The van der Waals surface area contributed by atoms with Gasteiger partial charge in [-0.15, -0.1) is 5.10 Å². The number of rotatable bonds is 3. The number of aromatic nitrogens is 2. The number of nitriles is 1. The van der Waals surface area contributed by atoms with Gasteiger partial charge in [-0.3, -0.25) is 5.10 Å². The Balaban J connectivity index is 2.21. The quantitative estimate of drug-likeness (QED) is 0.805. The zero-order valence-electron chi connectivity index (χ0n) is 12.1. The average molecular weight is 296 g/mol. The van der Waals surface area contributed by atoms with Crippen molar-refractivity contribution in [2.45, 2.75) is 25.7 Å². The number of hydrogen-bond donors (Lipinski definition) is 3. The molecule has 1 aromatic carbocycles. The fraction of sp³-hybridized carbons (Fsp3) is 0.250. The van der Waals surface area contributed by atoms with E-state index in [1.165, 1.54) is 0 Å². The molecule has 0 amide bonds. The van der Waals surface area contributed by atoms with Gasteiger partial charge in [0.05, 0.1) is 5.92 Å². The summed E-state index contributed by atoms with van der Waals surface area (Å²) >= 11 is 0. The first-order chi connectivity index (χ1) is 10.7. The van der Waals surface area contributed by atoms with Gasteiger partial charge < -0.3 is 15.6 Å². The average Bonchev–Trinajstić information content (AvgIpc) is 2.88. The predicted molar refractivity (Wildman–Crippen MR) is 80.0 cm³/mol. The van der Waals surface area contributed by atoms with Gasteiger partial charge in [0.1, 0.15) is 17.4 Å². The second-order valence-electron chi connectivity index (χ2n) is 5.19. The molecule has 3 rings (SSSR count). The van der Waals surface area contributed by atoms with Gasteiger partial charge in [-0.25, -0.2) is 0 Å². The molecule has 1 aliphatic heterocycles. The van der Waals surface area contributed by atoms with Crippen molar-refractivity contribution in [3.05, 3.63) is 52.5 Å². The van der Waals surface area contributed by atoms with E-state index in [0.717, 1.165) is 29.7 Å². The van der Waals surface area contributed by atoms with Crippen LogP contribution in [0.2, 0.25) is 0 Å². The molecule has 1 atom stereocenters. The van der Waals surface area contributed by atoms with Crippen molar-refractivity contribution in [3.63, 3.8) is 0 Å². The summed E-state index contributed by atoms with van der Waals surface area (Å²) in [6.07, 6.45) is 1.72. The molecule has 1 aromatic heterocycles. The summed E-state index contributed by atoms with van der Waals surface area (Å²) in [5.41, 5.74) is 8.72. The number of benzene rings is 1. The Kier molecular flexibility index (Phi) is 3.47. The predicted octanol–water partition coefficient (Wildman–Crippen LogP) is 2.29. The zero-order valence-corrected chi connectivity index (χ0v) is 12.1. The Hall–Kier alpha value is -2.94. The number of ether oxygens (including phenoxy) is 1. The number of fused-ring (bicyclic) bond motifs is 1. The second-order valence-corrected chi connectivity index (χ2v) is 5.19. The van der Waals surface area contributed by atoms with Crippen molar-refractivity contribution >= 4 is 0 Å². The minimum Gasteiger partial charge on any atom is -0.508 e. The highest BCUT2D eigenvalue weighted by Crippen LogP contribution is 2.43.